The van der Waals surface area contributed by atoms with Gasteiger partial charge in [-0.05, 0) is 69.1 Å². The van der Waals surface area contributed by atoms with Gasteiger partial charge in [0.2, 0.25) is 0 Å². The van der Waals surface area contributed by atoms with Crippen molar-refractivity contribution in [2.45, 2.75) is 50.7 Å². The molecule has 9 heteroatoms. The molecule has 3 rings (SSSR count). The molecule has 3 aliphatic rings. The summed E-state index contributed by atoms with van der Waals surface area (Å²) in [6, 6.07) is 0. The third-order valence-corrected chi connectivity index (χ3v) is 8.20. The predicted octanol–water partition coefficient (Wildman–Crippen LogP) is -1.24. The van der Waals surface area contributed by atoms with Crippen LogP contribution in [-0.4, -0.2) is 50.3 Å². The Balaban J connectivity index is 0.00000280. The number of methoxy groups -OCH3 is 1. The monoisotopic (exact) mass is 424 g/mol. The van der Waals surface area contributed by atoms with E-state index >= 15 is 0 Å². The molecule has 154 valence electrons. The zero-order valence-electron chi connectivity index (χ0n) is 17.0. The molecule has 2 bridgehead atoms. The number of Topliss-reactive ketones (excluding diaryl/α,β-unsaturated/α-hetero) is 1. The summed E-state index contributed by atoms with van der Waals surface area (Å²) < 4.78 is 46.1. The summed E-state index contributed by atoms with van der Waals surface area (Å²) in [5.41, 5.74) is 0. The van der Waals surface area contributed by atoms with Gasteiger partial charge in [0.1, 0.15) is 5.78 Å². The van der Waals surface area contributed by atoms with Crippen LogP contribution >= 0.6 is 0 Å². The van der Waals surface area contributed by atoms with E-state index in [0.717, 1.165) is 32.3 Å². The number of ketones is 1. The zero-order valence-corrected chi connectivity index (χ0v) is 19.8. The average Bonchev–Trinajstić information content (AvgIpc) is 3.19. The molecule has 5 atom stereocenters. The minimum atomic E-state index is -4.67. The van der Waals surface area contributed by atoms with E-state index in [1.165, 1.54) is 6.92 Å². The molecule has 0 spiro atoms. The van der Waals surface area contributed by atoms with Gasteiger partial charge < -0.3 is 14.0 Å². The Labute approximate surface area is 189 Å². The van der Waals surface area contributed by atoms with E-state index < -0.39 is 39.1 Å². The second-order valence-electron chi connectivity index (χ2n) is 8.57. The molecule has 28 heavy (non-hydrogen) atoms. The quantitative estimate of drug-likeness (QED) is 0.286. The third-order valence-electron chi connectivity index (χ3n) is 6.89. The van der Waals surface area contributed by atoms with Crippen molar-refractivity contribution in [1.29, 1.82) is 0 Å². The first-order valence-corrected chi connectivity index (χ1v) is 11.3. The fraction of sp³-hybridized carbons (Fsp3) is 0.895. The minimum Gasteiger partial charge on any atom is -0.748 e. The van der Waals surface area contributed by atoms with Crippen molar-refractivity contribution < 1.29 is 61.6 Å². The first kappa shape index (κ1) is 24.3. The molecule has 0 aliphatic heterocycles. The largest absolute Gasteiger partial charge is 1.00 e. The van der Waals surface area contributed by atoms with E-state index in [1.54, 1.807) is 7.11 Å². The van der Waals surface area contributed by atoms with Crippen LogP contribution in [0.2, 0.25) is 0 Å². The molecule has 0 amide bonds. The molecule has 3 fully saturated rings. The van der Waals surface area contributed by atoms with Crippen molar-refractivity contribution in [2.75, 3.05) is 20.3 Å². The normalized spacial score (nSPS) is 37.3. The van der Waals surface area contributed by atoms with Crippen molar-refractivity contribution in [2.24, 2.45) is 35.5 Å². The number of ether oxygens (including phenoxy) is 2. The van der Waals surface area contributed by atoms with Crippen LogP contribution in [0.3, 0.4) is 0 Å². The summed E-state index contributed by atoms with van der Waals surface area (Å²) in [4.78, 5) is 24.4. The Hall–Kier alpha value is 0.01000. The van der Waals surface area contributed by atoms with E-state index in [4.69, 9.17) is 9.47 Å². The Morgan fingerprint density at radius 1 is 1.04 bits per heavy atom. The molecule has 7 nitrogen and oxygen atoms in total. The van der Waals surface area contributed by atoms with E-state index in [1.807, 2.05) is 0 Å². The molecule has 0 aromatic heterocycles. The van der Waals surface area contributed by atoms with Gasteiger partial charge in [-0.15, -0.1) is 0 Å². The van der Waals surface area contributed by atoms with Crippen molar-refractivity contribution in [1.82, 2.24) is 0 Å². The fourth-order valence-corrected chi connectivity index (χ4v) is 7.01. The third kappa shape index (κ3) is 5.19. The van der Waals surface area contributed by atoms with Gasteiger partial charge in [0.05, 0.1) is 27.9 Å². The van der Waals surface area contributed by atoms with Crippen molar-refractivity contribution in [3.63, 3.8) is 0 Å². The molecule has 3 aliphatic carbocycles. The minimum absolute atomic E-state index is 0. The van der Waals surface area contributed by atoms with E-state index in [2.05, 4.69) is 0 Å². The van der Waals surface area contributed by atoms with Gasteiger partial charge in [-0.2, -0.15) is 0 Å². The smallest absolute Gasteiger partial charge is 0.748 e. The van der Waals surface area contributed by atoms with Crippen LogP contribution in [0.1, 0.15) is 45.4 Å². The number of carbonyl (C=O) groups is 2. The maximum atomic E-state index is 12.6. The Morgan fingerprint density at radius 3 is 2.11 bits per heavy atom. The molecule has 0 saturated heterocycles. The SMILES string of the molecule is COCC1CCC(COC(=O)C2C3CC(C(C)=O)C(C3)C2S(=O)(=O)[O-])CC1.[Na+]. The topological polar surface area (TPSA) is 110 Å². The molecule has 0 N–H and O–H groups in total. The molecule has 5 unspecified atom stereocenters. The number of hydrogen-bond donors (Lipinski definition) is 0. The first-order chi connectivity index (χ1) is 12.7. The summed E-state index contributed by atoms with van der Waals surface area (Å²) in [5, 5.41) is -1.32. The summed E-state index contributed by atoms with van der Waals surface area (Å²) >= 11 is 0. The number of esters is 1. The van der Waals surface area contributed by atoms with Crippen molar-refractivity contribution in [3.8, 4) is 0 Å². The number of fused-ring (bicyclic) bond motifs is 2. The molecule has 0 radical (unpaired) electrons. The predicted molar refractivity (Wildman–Crippen MR) is 95.6 cm³/mol. The number of rotatable bonds is 7. The maximum absolute atomic E-state index is 12.6. The molecule has 0 aromatic carbocycles. The Bertz CT molecular complexity index is 672. The van der Waals surface area contributed by atoms with Gasteiger partial charge in [0.15, 0.2) is 0 Å². The molecular formula is C19H29NaO7S. The maximum Gasteiger partial charge on any atom is 1.00 e. The number of carbonyl (C=O) groups excluding carboxylic acids is 2. The summed E-state index contributed by atoms with van der Waals surface area (Å²) in [5.74, 6) is -2.00. The summed E-state index contributed by atoms with van der Waals surface area (Å²) in [7, 11) is -2.97. The van der Waals surface area contributed by atoms with E-state index in [9.17, 15) is 22.6 Å². The van der Waals surface area contributed by atoms with Crippen molar-refractivity contribution in [3.05, 3.63) is 0 Å². The second-order valence-corrected chi connectivity index (χ2v) is 10.1. The van der Waals surface area contributed by atoms with E-state index in [-0.39, 0.29) is 53.8 Å². The van der Waals surface area contributed by atoms with Gasteiger partial charge in [-0.3, -0.25) is 9.59 Å². The van der Waals surface area contributed by atoms with Gasteiger partial charge in [0, 0.05) is 19.6 Å². The molecule has 3 saturated carbocycles. The molecular weight excluding hydrogens is 395 g/mol. The second kappa shape index (κ2) is 9.88. The van der Waals surface area contributed by atoms with Crippen LogP contribution in [-0.2, 0) is 29.2 Å². The van der Waals surface area contributed by atoms with Crippen LogP contribution < -0.4 is 29.6 Å². The van der Waals surface area contributed by atoms with E-state index in [0.29, 0.717) is 18.8 Å². The van der Waals surface area contributed by atoms with Gasteiger partial charge >= 0.3 is 35.5 Å². The summed E-state index contributed by atoms with van der Waals surface area (Å²) in [6.45, 7) is 2.44. The standard InChI is InChI=1S/C19H30O7S.Na/c1-11(20)15-7-14-8-16(15)18(27(22,23)24)17(14)19(21)26-10-13-5-3-12(4-6-13)9-25-2;/h12-18H,3-10H2,1-2H3,(H,22,23,24);/q;+1/p-1. The first-order valence-electron chi connectivity index (χ1n) is 9.83. The molecule has 0 aromatic rings. The van der Waals surface area contributed by atoms with Crippen LogP contribution in [0.15, 0.2) is 0 Å². The van der Waals surface area contributed by atoms with Crippen LogP contribution in [0.5, 0.6) is 0 Å². The fourth-order valence-electron chi connectivity index (χ4n) is 5.59. The van der Waals surface area contributed by atoms with Gasteiger partial charge in [-0.25, -0.2) is 8.42 Å². The van der Waals surface area contributed by atoms with Crippen LogP contribution in [0.4, 0.5) is 0 Å². The Kier molecular flexibility index (Phi) is 8.57. The Morgan fingerprint density at radius 2 is 1.61 bits per heavy atom. The average molecular weight is 424 g/mol. The van der Waals surface area contributed by atoms with Crippen LogP contribution in [0.25, 0.3) is 0 Å². The van der Waals surface area contributed by atoms with Crippen molar-refractivity contribution >= 4 is 21.9 Å². The van der Waals surface area contributed by atoms with Gasteiger partial charge in [0.25, 0.3) is 0 Å². The zero-order chi connectivity index (χ0) is 19.8. The summed E-state index contributed by atoms with van der Waals surface area (Å²) in [6.07, 6.45) is 4.89. The van der Waals surface area contributed by atoms with Crippen LogP contribution in [0, 0.1) is 35.5 Å². The van der Waals surface area contributed by atoms with Gasteiger partial charge in [-0.1, -0.05) is 0 Å². The number of hydrogen-bond acceptors (Lipinski definition) is 7. The molecule has 0 heterocycles.